The first-order valence-electron chi connectivity index (χ1n) is 5.68. The van der Waals surface area contributed by atoms with E-state index in [1.807, 2.05) is 0 Å². The third kappa shape index (κ3) is 1.55. The van der Waals surface area contributed by atoms with Gasteiger partial charge in [-0.3, -0.25) is 9.59 Å². The number of rotatable bonds is 0. The lowest BCUT2D eigenvalue weighted by Crippen LogP contribution is -2.23. The number of carbonyl (C=O) groups excluding carboxylic acids is 2. The van der Waals surface area contributed by atoms with Crippen LogP contribution in [0.4, 0.5) is 11.4 Å². The summed E-state index contributed by atoms with van der Waals surface area (Å²) in [5.41, 5.74) is 12.3. The molecule has 0 amide bonds. The van der Waals surface area contributed by atoms with Crippen molar-refractivity contribution < 1.29 is 9.59 Å². The average Bonchev–Trinajstić information content (AvgIpc) is 2.41. The van der Waals surface area contributed by atoms with Crippen LogP contribution >= 0.6 is 23.2 Å². The third-order valence-corrected chi connectivity index (χ3v) is 3.94. The Morgan fingerprint density at radius 3 is 1.90 bits per heavy atom. The predicted octanol–water partition coefficient (Wildman–Crippen LogP) is 2.93. The topological polar surface area (TPSA) is 86.2 Å². The number of nitrogen functional groups attached to an aromatic ring is 2. The second kappa shape index (κ2) is 4.23. The van der Waals surface area contributed by atoms with Gasteiger partial charge in [-0.05, 0) is 24.3 Å². The predicted molar refractivity (Wildman–Crippen MR) is 78.6 cm³/mol. The van der Waals surface area contributed by atoms with E-state index in [2.05, 4.69) is 0 Å². The lowest BCUT2D eigenvalue weighted by molar-refractivity contribution is 0.0980. The van der Waals surface area contributed by atoms with E-state index in [-0.39, 0.29) is 49.5 Å². The maximum absolute atomic E-state index is 12.6. The molecule has 6 heteroatoms. The summed E-state index contributed by atoms with van der Waals surface area (Å²) in [6.07, 6.45) is 0. The van der Waals surface area contributed by atoms with Crippen LogP contribution in [0, 0.1) is 0 Å². The first-order valence-corrected chi connectivity index (χ1v) is 6.44. The van der Waals surface area contributed by atoms with E-state index < -0.39 is 5.78 Å². The molecule has 20 heavy (non-hydrogen) atoms. The van der Waals surface area contributed by atoms with E-state index in [4.69, 9.17) is 34.7 Å². The molecular formula is C14H8Cl2N2O2. The number of benzene rings is 2. The average molecular weight is 307 g/mol. The minimum Gasteiger partial charge on any atom is -0.397 e. The molecule has 100 valence electrons. The zero-order valence-corrected chi connectivity index (χ0v) is 11.5. The van der Waals surface area contributed by atoms with Crippen LogP contribution in [0.1, 0.15) is 31.8 Å². The van der Waals surface area contributed by atoms with Crippen molar-refractivity contribution in [2.24, 2.45) is 0 Å². The molecule has 0 spiro atoms. The van der Waals surface area contributed by atoms with Gasteiger partial charge in [-0.15, -0.1) is 0 Å². The molecule has 0 radical (unpaired) electrons. The molecule has 1 aliphatic rings. The molecular weight excluding hydrogens is 299 g/mol. The Morgan fingerprint density at radius 1 is 0.750 bits per heavy atom. The Labute approximate surface area is 124 Å². The summed E-state index contributed by atoms with van der Waals surface area (Å²) in [5, 5.41) is 0.346. The van der Waals surface area contributed by atoms with Crippen molar-refractivity contribution in [3.63, 3.8) is 0 Å². The van der Waals surface area contributed by atoms with Crippen molar-refractivity contribution in [3.05, 3.63) is 56.6 Å². The number of fused-ring (bicyclic) bond motifs is 2. The van der Waals surface area contributed by atoms with Gasteiger partial charge >= 0.3 is 0 Å². The first kappa shape index (κ1) is 13.0. The minimum atomic E-state index is -0.438. The molecule has 0 atom stereocenters. The quantitative estimate of drug-likeness (QED) is 0.625. The SMILES string of the molecule is Nc1ccc2c(c1N)C(=O)c1c(Cl)ccc(Cl)c1C2=O. The van der Waals surface area contributed by atoms with Gasteiger partial charge in [-0.25, -0.2) is 0 Å². The van der Waals surface area contributed by atoms with Crippen molar-refractivity contribution in [3.8, 4) is 0 Å². The van der Waals surface area contributed by atoms with E-state index in [1.54, 1.807) is 0 Å². The lowest BCUT2D eigenvalue weighted by Gasteiger charge is -2.21. The molecule has 0 saturated carbocycles. The van der Waals surface area contributed by atoms with Crippen LogP contribution in [0.3, 0.4) is 0 Å². The van der Waals surface area contributed by atoms with E-state index in [1.165, 1.54) is 24.3 Å². The molecule has 4 nitrogen and oxygen atoms in total. The highest BCUT2D eigenvalue weighted by Gasteiger charge is 2.35. The van der Waals surface area contributed by atoms with Crippen molar-refractivity contribution in [1.82, 2.24) is 0 Å². The van der Waals surface area contributed by atoms with Gasteiger partial charge in [-0.2, -0.15) is 0 Å². The van der Waals surface area contributed by atoms with Crippen LogP contribution in [0.25, 0.3) is 0 Å². The van der Waals surface area contributed by atoms with Crippen LogP contribution < -0.4 is 11.5 Å². The smallest absolute Gasteiger partial charge is 0.198 e. The second-order valence-electron chi connectivity index (χ2n) is 4.43. The summed E-state index contributed by atoms with van der Waals surface area (Å²) in [6.45, 7) is 0. The molecule has 0 saturated heterocycles. The van der Waals surface area contributed by atoms with Gasteiger partial charge in [0.05, 0.1) is 38.1 Å². The molecule has 0 unspecified atom stereocenters. The van der Waals surface area contributed by atoms with Gasteiger partial charge < -0.3 is 11.5 Å². The molecule has 0 aliphatic heterocycles. The zero-order chi connectivity index (χ0) is 14.6. The van der Waals surface area contributed by atoms with Crippen LogP contribution in [0.15, 0.2) is 24.3 Å². The molecule has 0 heterocycles. The monoisotopic (exact) mass is 306 g/mol. The number of ketones is 2. The lowest BCUT2D eigenvalue weighted by atomic mass is 9.83. The Hall–Kier alpha value is -2.04. The maximum atomic E-state index is 12.6. The van der Waals surface area contributed by atoms with Gasteiger partial charge in [0.1, 0.15) is 0 Å². The molecule has 4 N–H and O–H groups in total. The number of halogens is 2. The Bertz CT molecular complexity index is 796. The second-order valence-corrected chi connectivity index (χ2v) is 5.24. The van der Waals surface area contributed by atoms with Gasteiger partial charge in [0, 0.05) is 5.56 Å². The molecule has 0 bridgehead atoms. The van der Waals surface area contributed by atoms with Crippen molar-refractivity contribution in [2.45, 2.75) is 0 Å². The zero-order valence-electron chi connectivity index (χ0n) is 10.0. The van der Waals surface area contributed by atoms with E-state index in [9.17, 15) is 9.59 Å². The number of hydrogen-bond donors (Lipinski definition) is 2. The van der Waals surface area contributed by atoms with Gasteiger partial charge in [0.15, 0.2) is 11.6 Å². The number of anilines is 2. The fourth-order valence-corrected chi connectivity index (χ4v) is 2.81. The Morgan fingerprint density at radius 2 is 1.30 bits per heavy atom. The largest absolute Gasteiger partial charge is 0.397 e. The standard InChI is InChI=1S/C14H8Cl2N2O2/c15-6-2-3-7(16)11-10(6)13(19)5-1-4-8(17)12(18)9(5)14(11)20/h1-4H,17-18H2. The molecule has 0 fully saturated rings. The highest BCUT2D eigenvalue weighted by atomic mass is 35.5. The first-order chi connectivity index (χ1) is 9.43. The Kier molecular flexibility index (Phi) is 2.74. The highest BCUT2D eigenvalue weighted by Crippen LogP contribution is 2.39. The number of carbonyl (C=O) groups is 2. The molecule has 3 rings (SSSR count). The Balaban J connectivity index is 2.43. The summed E-state index contributed by atoms with van der Waals surface area (Å²) in [6, 6.07) is 5.92. The van der Waals surface area contributed by atoms with Crippen molar-refractivity contribution in [2.75, 3.05) is 11.5 Å². The van der Waals surface area contributed by atoms with Crippen LogP contribution in [-0.4, -0.2) is 11.6 Å². The van der Waals surface area contributed by atoms with Crippen LogP contribution in [0.2, 0.25) is 10.0 Å². The minimum absolute atomic E-state index is 0.0777. The van der Waals surface area contributed by atoms with Gasteiger partial charge in [0.25, 0.3) is 0 Å². The summed E-state index contributed by atoms with van der Waals surface area (Å²) in [5.74, 6) is -0.819. The van der Waals surface area contributed by atoms with E-state index in [0.717, 1.165) is 0 Å². The summed E-state index contributed by atoms with van der Waals surface area (Å²) >= 11 is 12.1. The molecule has 1 aliphatic carbocycles. The highest BCUT2D eigenvalue weighted by molar-refractivity contribution is 6.44. The van der Waals surface area contributed by atoms with Crippen LogP contribution in [-0.2, 0) is 0 Å². The fraction of sp³-hybridized carbons (Fsp3) is 0. The van der Waals surface area contributed by atoms with Gasteiger partial charge in [0.2, 0.25) is 0 Å². The van der Waals surface area contributed by atoms with E-state index in [0.29, 0.717) is 0 Å². The summed E-state index contributed by atoms with van der Waals surface area (Å²) in [4.78, 5) is 25.1. The third-order valence-electron chi connectivity index (χ3n) is 3.31. The maximum Gasteiger partial charge on any atom is 0.198 e. The fourth-order valence-electron chi connectivity index (χ4n) is 2.32. The van der Waals surface area contributed by atoms with Gasteiger partial charge in [-0.1, -0.05) is 23.2 Å². The van der Waals surface area contributed by atoms with Crippen molar-refractivity contribution >= 4 is 46.1 Å². The van der Waals surface area contributed by atoms with Crippen LogP contribution in [0.5, 0.6) is 0 Å². The summed E-state index contributed by atoms with van der Waals surface area (Å²) < 4.78 is 0. The van der Waals surface area contributed by atoms with Crippen molar-refractivity contribution in [1.29, 1.82) is 0 Å². The normalized spacial score (nSPS) is 13.1. The number of nitrogens with two attached hydrogens (primary N) is 2. The number of hydrogen-bond acceptors (Lipinski definition) is 4. The molecule has 2 aromatic rings. The van der Waals surface area contributed by atoms with E-state index >= 15 is 0 Å². The summed E-state index contributed by atoms with van der Waals surface area (Å²) in [7, 11) is 0. The molecule has 2 aromatic carbocycles. The molecule has 0 aromatic heterocycles.